The SMILES string of the molecule is CC(C)Oc1cccc(-c2ocnc2CCl)c1. The normalized spacial score (nSPS) is 10.8. The highest BCUT2D eigenvalue weighted by Crippen LogP contribution is 2.27. The van der Waals surface area contributed by atoms with Gasteiger partial charge < -0.3 is 9.15 Å². The number of nitrogens with zero attached hydrogens (tertiary/aromatic N) is 1. The largest absolute Gasteiger partial charge is 0.491 e. The molecule has 0 saturated heterocycles. The second-order valence-corrected chi connectivity index (χ2v) is 4.22. The third-order valence-corrected chi connectivity index (χ3v) is 2.49. The second-order valence-electron chi connectivity index (χ2n) is 3.96. The van der Waals surface area contributed by atoms with Crippen molar-refractivity contribution < 1.29 is 9.15 Å². The molecule has 0 aliphatic heterocycles. The number of ether oxygens (including phenoxy) is 1. The molecule has 1 aromatic heterocycles. The van der Waals surface area contributed by atoms with Crippen molar-refractivity contribution in [2.75, 3.05) is 0 Å². The van der Waals surface area contributed by atoms with E-state index in [4.69, 9.17) is 20.8 Å². The number of halogens is 1. The van der Waals surface area contributed by atoms with Gasteiger partial charge in [0.15, 0.2) is 12.2 Å². The molecule has 2 rings (SSSR count). The van der Waals surface area contributed by atoms with E-state index < -0.39 is 0 Å². The van der Waals surface area contributed by atoms with E-state index in [0.717, 1.165) is 17.0 Å². The Hall–Kier alpha value is -1.48. The van der Waals surface area contributed by atoms with Gasteiger partial charge in [-0.15, -0.1) is 11.6 Å². The molecule has 0 aliphatic carbocycles. The Bertz CT molecular complexity index is 494. The first kappa shape index (κ1) is 12.0. The van der Waals surface area contributed by atoms with E-state index >= 15 is 0 Å². The van der Waals surface area contributed by atoms with E-state index in [1.54, 1.807) is 0 Å². The highest BCUT2D eigenvalue weighted by molar-refractivity contribution is 6.17. The van der Waals surface area contributed by atoms with Crippen molar-refractivity contribution in [3.8, 4) is 17.1 Å². The average molecular weight is 252 g/mol. The van der Waals surface area contributed by atoms with Gasteiger partial charge in [-0.1, -0.05) is 12.1 Å². The maximum Gasteiger partial charge on any atom is 0.181 e. The first-order valence-corrected chi connectivity index (χ1v) is 5.99. The summed E-state index contributed by atoms with van der Waals surface area (Å²) in [6, 6.07) is 7.72. The molecule has 0 saturated carbocycles. The zero-order chi connectivity index (χ0) is 12.3. The lowest BCUT2D eigenvalue weighted by atomic mass is 10.1. The van der Waals surface area contributed by atoms with Crippen molar-refractivity contribution >= 4 is 11.6 Å². The minimum atomic E-state index is 0.146. The van der Waals surface area contributed by atoms with Crippen molar-refractivity contribution in [2.24, 2.45) is 0 Å². The summed E-state index contributed by atoms with van der Waals surface area (Å²) >= 11 is 5.79. The summed E-state index contributed by atoms with van der Waals surface area (Å²) in [4.78, 5) is 4.06. The van der Waals surface area contributed by atoms with Crippen molar-refractivity contribution in [2.45, 2.75) is 25.8 Å². The topological polar surface area (TPSA) is 35.3 Å². The molecule has 1 heterocycles. The molecular weight excluding hydrogens is 238 g/mol. The van der Waals surface area contributed by atoms with Crippen LogP contribution in [0.3, 0.4) is 0 Å². The molecule has 0 amide bonds. The van der Waals surface area contributed by atoms with Crippen LogP contribution >= 0.6 is 11.6 Å². The van der Waals surface area contributed by atoms with Gasteiger partial charge >= 0.3 is 0 Å². The van der Waals surface area contributed by atoms with Crippen molar-refractivity contribution in [1.82, 2.24) is 4.98 Å². The molecule has 90 valence electrons. The van der Waals surface area contributed by atoms with Gasteiger partial charge in [-0.05, 0) is 26.0 Å². The first-order chi connectivity index (χ1) is 8.20. The second kappa shape index (κ2) is 5.23. The van der Waals surface area contributed by atoms with Gasteiger partial charge in [0.05, 0.1) is 12.0 Å². The molecule has 0 unspecified atom stereocenters. The number of aromatic nitrogens is 1. The van der Waals surface area contributed by atoms with Gasteiger partial charge in [0.1, 0.15) is 11.4 Å². The van der Waals surface area contributed by atoms with Crippen LogP contribution in [0.25, 0.3) is 11.3 Å². The van der Waals surface area contributed by atoms with E-state index in [1.807, 2.05) is 38.1 Å². The van der Waals surface area contributed by atoms with E-state index in [0.29, 0.717) is 11.6 Å². The van der Waals surface area contributed by atoms with Crippen LogP contribution in [0.1, 0.15) is 19.5 Å². The van der Waals surface area contributed by atoms with Gasteiger partial charge in [-0.3, -0.25) is 0 Å². The fourth-order valence-electron chi connectivity index (χ4n) is 1.58. The van der Waals surface area contributed by atoms with Gasteiger partial charge in [-0.25, -0.2) is 4.98 Å². The first-order valence-electron chi connectivity index (χ1n) is 5.46. The fourth-order valence-corrected chi connectivity index (χ4v) is 1.77. The molecule has 0 atom stereocenters. The number of benzene rings is 1. The van der Waals surface area contributed by atoms with Crippen LogP contribution < -0.4 is 4.74 Å². The van der Waals surface area contributed by atoms with Crippen LogP contribution in [0.2, 0.25) is 0 Å². The summed E-state index contributed by atoms with van der Waals surface area (Å²) in [7, 11) is 0. The Balaban J connectivity index is 2.33. The molecule has 0 fully saturated rings. The van der Waals surface area contributed by atoms with Crippen LogP contribution in [0.4, 0.5) is 0 Å². The molecule has 17 heavy (non-hydrogen) atoms. The van der Waals surface area contributed by atoms with Crippen LogP contribution in [0.15, 0.2) is 35.1 Å². The lowest BCUT2D eigenvalue weighted by Gasteiger charge is -2.10. The van der Waals surface area contributed by atoms with Crippen molar-refractivity contribution in [3.63, 3.8) is 0 Å². The summed E-state index contributed by atoms with van der Waals surface area (Å²) < 4.78 is 11.0. The smallest absolute Gasteiger partial charge is 0.181 e. The Kier molecular flexibility index (Phi) is 3.69. The van der Waals surface area contributed by atoms with Gasteiger partial charge in [0.2, 0.25) is 0 Å². The molecule has 0 bridgehead atoms. The predicted octanol–water partition coefficient (Wildman–Crippen LogP) is 3.87. The molecular formula is C13H14ClNO2. The van der Waals surface area contributed by atoms with Gasteiger partial charge in [0.25, 0.3) is 0 Å². The van der Waals surface area contributed by atoms with Gasteiger partial charge in [-0.2, -0.15) is 0 Å². The number of oxazole rings is 1. The summed E-state index contributed by atoms with van der Waals surface area (Å²) in [6.07, 6.45) is 1.55. The lowest BCUT2D eigenvalue weighted by Crippen LogP contribution is -2.05. The highest BCUT2D eigenvalue weighted by atomic mass is 35.5. The van der Waals surface area contributed by atoms with Crippen molar-refractivity contribution in [3.05, 3.63) is 36.4 Å². The molecule has 2 aromatic rings. The zero-order valence-electron chi connectivity index (χ0n) is 9.81. The molecule has 4 heteroatoms. The highest BCUT2D eigenvalue weighted by Gasteiger charge is 2.10. The Morgan fingerprint density at radius 2 is 2.24 bits per heavy atom. The zero-order valence-corrected chi connectivity index (χ0v) is 10.6. The third-order valence-electron chi connectivity index (χ3n) is 2.24. The van der Waals surface area contributed by atoms with E-state index in [-0.39, 0.29) is 6.10 Å². The van der Waals surface area contributed by atoms with Crippen LogP contribution in [0.5, 0.6) is 5.75 Å². The van der Waals surface area contributed by atoms with Crippen molar-refractivity contribution in [1.29, 1.82) is 0 Å². The van der Waals surface area contributed by atoms with E-state index in [1.165, 1.54) is 6.39 Å². The van der Waals surface area contributed by atoms with Crippen LogP contribution in [-0.4, -0.2) is 11.1 Å². The lowest BCUT2D eigenvalue weighted by molar-refractivity contribution is 0.242. The molecule has 3 nitrogen and oxygen atoms in total. The van der Waals surface area contributed by atoms with E-state index in [2.05, 4.69) is 4.98 Å². The minimum Gasteiger partial charge on any atom is -0.491 e. The van der Waals surface area contributed by atoms with Crippen LogP contribution in [-0.2, 0) is 5.88 Å². The number of rotatable bonds is 4. The quantitative estimate of drug-likeness (QED) is 0.774. The fraction of sp³-hybridized carbons (Fsp3) is 0.308. The Morgan fingerprint density at radius 1 is 1.41 bits per heavy atom. The standard InChI is InChI=1S/C13H14ClNO2/c1-9(2)17-11-5-3-4-10(6-11)13-12(7-14)15-8-16-13/h3-6,8-9H,7H2,1-2H3. The maximum absolute atomic E-state index is 5.79. The Labute approximate surface area is 105 Å². The number of hydrogen-bond donors (Lipinski definition) is 0. The third kappa shape index (κ3) is 2.80. The average Bonchev–Trinajstić information content (AvgIpc) is 2.76. The summed E-state index contributed by atoms with van der Waals surface area (Å²) in [5, 5.41) is 0. The van der Waals surface area contributed by atoms with Crippen LogP contribution in [0, 0.1) is 0 Å². The molecule has 1 aromatic carbocycles. The van der Waals surface area contributed by atoms with Gasteiger partial charge in [0, 0.05) is 5.56 Å². The Morgan fingerprint density at radius 3 is 2.94 bits per heavy atom. The summed E-state index contributed by atoms with van der Waals surface area (Å²) in [5.41, 5.74) is 1.67. The molecule has 0 N–H and O–H groups in total. The molecule has 0 aliphatic rings. The number of alkyl halides is 1. The summed E-state index contributed by atoms with van der Waals surface area (Å²) in [5.74, 6) is 1.85. The minimum absolute atomic E-state index is 0.146. The maximum atomic E-state index is 5.79. The molecule has 0 spiro atoms. The number of hydrogen-bond acceptors (Lipinski definition) is 3. The van der Waals surface area contributed by atoms with E-state index in [9.17, 15) is 0 Å². The summed E-state index contributed by atoms with van der Waals surface area (Å²) in [6.45, 7) is 3.98. The predicted molar refractivity (Wildman–Crippen MR) is 67.3 cm³/mol. The molecule has 0 radical (unpaired) electrons. The monoisotopic (exact) mass is 251 g/mol.